The van der Waals surface area contributed by atoms with Crippen molar-refractivity contribution in [2.75, 3.05) is 18.9 Å². The molecule has 15 heavy (non-hydrogen) atoms. The average molecular weight is 223 g/mol. The first-order valence-corrected chi connectivity index (χ1v) is 4.40. The van der Waals surface area contributed by atoms with E-state index in [4.69, 9.17) is 5.73 Å². The molecule has 0 saturated heterocycles. The first kappa shape index (κ1) is 11.8. The fraction of sp³-hybridized carbons (Fsp3) is 0.625. The summed E-state index contributed by atoms with van der Waals surface area (Å²) in [5.74, 6) is 0. The summed E-state index contributed by atoms with van der Waals surface area (Å²) in [5, 5.41) is 3.88. The molecule has 0 saturated carbocycles. The Hall–Kier alpha value is -1.24. The maximum Gasteiger partial charge on any atom is 0.411 e. The van der Waals surface area contributed by atoms with Crippen molar-refractivity contribution in [3.05, 3.63) is 12.4 Å². The van der Waals surface area contributed by atoms with E-state index < -0.39 is 12.8 Å². The largest absolute Gasteiger partial charge is 0.411 e. The highest BCUT2D eigenvalue weighted by molar-refractivity contribution is 5.30. The SMILES string of the molecule is Nc1cnn(CCCOCC(F)(F)F)c1. The molecule has 1 heterocycles. The summed E-state index contributed by atoms with van der Waals surface area (Å²) in [6.45, 7) is -0.650. The zero-order valence-corrected chi connectivity index (χ0v) is 8.00. The smallest absolute Gasteiger partial charge is 0.396 e. The Morgan fingerprint density at radius 2 is 2.20 bits per heavy atom. The van der Waals surface area contributed by atoms with Crippen molar-refractivity contribution in [2.24, 2.45) is 0 Å². The van der Waals surface area contributed by atoms with E-state index >= 15 is 0 Å². The minimum Gasteiger partial charge on any atom is -0.396 e. The van der Waals surface area contributed by atoms with Crippen LogP contribution in [0.4, 0.5) is 18.9 Å². The molecule has 0 radical (unpaired) electrons. The van der Waals surface area contributed by atoms with Gasteiger partial charge in [0.1, 0.15) is 6.61 Å². The molecule has 2 N–H and O–H groups in total. The number of anilines is 1. The summed E-state index contributed by atoms with van der Waals surface area (Å²) < 4.78 is 40.9. The number of hydrogen-bond donors (Lipinski definition) is 1. The number of halogens is 3. The van der Waals surface area contributed by atoms with Crippen LogP contribution in [0.15, 0.2) is 12.4 Å². The van der Waals surface area contributed by atoms with E-state index in [-0.39, 0.29) is 6.61 Å². The molecule has 4 nitrogen and oxygen atoms in total. The van der Waals surface area contributed by atoms with Gasteiger partial charge < -0.3 is 10.5 Å². The molecule has 1 aromatic heterocycles. The molecule has 0 aliphatic heterocycles. The molecule has 0 atom stereocenters. The number of aryl methyl sites for hydroxylation is 1. The van der Waals surface area contributed by atoms with Gasteiger partial charge in [0.05, 0.1) is 11.9 Å². The third-order valence-electron chi connectivity index (χ3n) is 1.59. The number of nitrogens with zero attached hydrogens (tertiary/aromatic N) is 2. The second-order valence-electron chi connectivity index (χ2n) is 3.06. The van der Waals surface area contributed by atoms with E-state index in [0.717, 1.165) is 0 Å². The lowest BCUT2D eigenvalue weighted by Crippen LogP contribution is -2.17. The van der Waals surface area contributed by atoms with Crippen molar-refractivity contribution in [1.82, 2.24) is 9.78 Å². The maximum atomic E-state index is 11.7. The fourth-order valence-electron chi connectivity index (χ4n) is 1.02. The molecule has 1 rings (SSSR count). The molecule has 7 heteroatoms. The lowest BCUT2D eigenvalue weighted by atomic mass is 10.4. The van der Waals surface area contributed by atoms with E-state index in [1.165, 1.54) is 6.20 Å². The number of hydrogen-bond acceptors (Lipinski definition) is 3. The van der Waals surface area contributed by atoms with Crippen LogP contribution in [0.3, 0.4) is 0 Å². The van der Waals surface area contributed by atoms with Crippen LogP contribution in [0.2, 0.25) is 0 Å². The van der Waals surface area contributed by atoms with Crippen LogP contribution in [0.1, 0.15) is 6.42 Å². The lowest BCUT2D eigenvalue weighted by Gasteiger charge is -2.07. The fourth-order valence-corrected chi connectivity index (χ4v) is 1.02. The Labute approximate surface area is 84.8 Å². The molecule has 0 aliphatic carbocycles. The van der Waals surface area contributed by atoms with Gasteiger partial charge in [-0.15, -0.1) is 0 Å². The first-order chi connectivity index (χ1) is 6.97. The zero-order chi connectivity index (χ0) is 11.3. The Bertz CT molecular complexity index is 298. The van der Waals surface area contributed by atoms with E-state index in [9.17, 15) is 13.2 Å². The van der Waals surface area contributed by atoms with Crippen LogP contribution >= 0.6 is 0 Å². The number of rotatable bonds is 5. The van der Waals surface area contributed by atoms with Crippen molar-refractivity contribution in [1.29, 1.82) is 0 Å². The summed E-state index contributed by atoms with van der Waals surface area (Å²) in [7, 11) is 0. The predicted molar refractivity (Wildman–Crippen MR) is 48.1 cm³/mol. The van der Waals surface area contributed by atoms with E-state index in [0.29, 0.717) is 18.7 Å². The molecule has 1 aromatic rings. The Morgan fingerprint density at radius 1 is 1.47 bits per heavy atom. The first-order valence-electron chi connectivity index (χ1n) is 4.40. The van der Waals surface area contributed by atoms with E-state index in [1.807, 2.05) is 0 Å². The minimum absolute atomic E-state index is 0.0548. The van der Waals surface area contributed by atoms with Gasteiger partial charge >= 0.3 is 6.18 Å². The van der Waals surface area contributed by atoms with E-state index in [1.54, 1.807) is 10.9 Å². The maximum absolute atomic E-state index is 11.7. The highest BCUT2D eigenvalue weighted by Crippen LogP contribution is 2.14. The van der Waals surface area contributed by atoms with Gasteiger partial charge in [-0.2, -0.15) is 18.3 Å². The van der Waals surface area contributed by atoms with Crippen LogP contribution in [0.5, 0.6) is 0 Å². The van der Waals surface area contributed by atoms with Crippen molar-refractivity contribution in [2.45, 2.75) is 19.1 Å². The zero-order valence-electron chi connectivity index (χ0n) is 8.00. The molecule has 86 valence electrons. The van der Waals surface area contributed by atoms with Crippen molar-refractivity contribution in [3.63, 3.8) is 0 Å². The Morgan fingerprint density at radius 3 is 2.73 bits per heavy atom. The normalized spacial score (nSPS) is 11.9. The summed E-state index contributed by atoms with van der Waals surface area (Å²) in [6.07, 6.45) is -0.687. The molecule has 0 unspecified atom stereocenters. The van der Waals surface area contributed by atoms with Crippen LogP contribution in [-0.2, 0) is 11.3 Å². The van der Waals surface area contributed by atoms with Gasteiger partial charge in [-0.05, 0) is 6.42 Å². The number of nitrogens with two attached hydrogens (primary N) is 1. The van der Waals surface area contributed by atoms with Gasteiger partial charge in [0, 0.05) is 19.3 Å². The number of nitrogen functional groups attached to an aromatic ring is 1. The van der Waals surface area contributed by atoms with Crippen LogP contribution in [0, 0.1) is 0 Å². The summed E-state index contributed by atoms with van der Waals surface area (Å²) >= 11 is 0. The number of alkyl halides is 3. The molecule has 0 bridgehead atoms. The van der Waals surface area contributed by atoms with Crippen molar-refractivity contribution >= 4 is 5.69 Å². The molecule has 0 fully saturated rings. The predicted octanol–water partition coefficient (Wildman–Crippen LogP) is 1.43. The second kappa shape index (κ2) is 5.01. The van der Waals surface area contributed by atoms with E-state index in [2.05, 4.69) is 9.84 Å². The molecule has 0 amide bonds. The van der Waals surface area contributed by atoms with Gasteiger partial charge in [-0.3, -0.25) is 4.68 Å². The topological polar surface area (TPSA) is 53.1 Å². The number of aromatic nitrogens is 2. The van der Waals surface area contributed by atoms with Gasteiger partial charge in [0.2, 0.25) is 0 Å². The molecule has 0 spiro atoms. The highest BCUT2D eigenvalue weighted by Gasteiger charge is 2.27. The second-order valence-corrected chi connectivity index (χ2v) is 3.06. The average Bonchev–Trinajstić information content (AvgIpc) is 2.49. The summed E-state index contributed by atoms with van der Waals surface area (Å²) in [5.41, 5.74) is 5.94. The van der Waals surface area contributed by atoms with Crippen LogP contribution in [-0.4, -0.2) is 29.2 Å². The molecule has 0 aliphatic rings. The summed E-state index contributed by atoms with van der Waals surface area (Å²) in [4.78, 5) is 0. The molecular formula is C8H12F3N3O. The minimum atomic E-state index is -4.25. The highest BCUT2D eigenvalue weighted by atomic mass is 19.4. The van der Waals surface area contributed by atoms with Gasteiger partial charge in [0.15, 0.2) is 0 Å². The van der Waals surface area contributed by atoms with Crippen LogP contribution in [0.25, 0.3) is 0 Å². The Kier molecular flexibility index (Phi) is 3.96. The Balaban J connectivity index is 2.07. The quantitative estimate of drug-likeness (QED) is 0.768. The summed E-state index contributed by atoms with van der Waals surface area (Å²) in [6, 6.07) is 0. The number of ether oxygens (including phenoxy) is 1. The van der Waals surface area contributed by atoms with Gasteiger partial charge in [-0.25, -0.2) is 0 Å². The van der Waals surface area contributed by atoms with Crippen molar-refractivity contribution in [3.8, 4) is 0 Å². The van der Waals surface area contributed by atoms with Gasteiger partial charge in [0.25, 0.3) is 0 Å². The standard InChI is InChI=1S/C8H12F3N3O/c9-8(10,11)6-15-3-1-2-14-5-7(12)4-13-14/h4-5H,1-3,6,12H2. The van der Waals surface area contributed by atoms with Gasteiger partial charge in [-0.1, -0.05) is 0 Å². The third-order valence-corrected chi connectivity index (χ3v) is 1.59. The third kappa shape index (κ3) is 5.26. The van der Waals surface area contributed by atoms with Crippen LogP contribution < -0.4 is 5.73 Å². The molecular weight excluding hydrogens is 211 g/mol. The van der Waals surface area contributed by atoms with Crippen molar-refractivity contribution < 1.29 is 17.9 Å². The lowest BCUT2D eigenvalue weighted by molar-refractivity contribution is -0.174. The molecule has 0 aromatic carbocycles. The monoisotopic (exact) mass is 223 g/mol.